The molecule has 4 aliphatic rings. The van der Waals surface area contributed by atoms with E-state index < -0.39 is 0 Å². The van der Waals surface area contributed by atoms with Gasteiger partial charge in [-0.2, -0.15) is 0 Å². The van der Waals surface area contributed by atoms with E-state index in [1.807, 2.05) is 30.3 Å². The van der Waals surface area contributed by atoms with Crippen molar-refractivity contribution >= 4 is 17.9 Å². The van der Waals surface area contributed by atoms with Crippen molar-refractivity contribution in [2.24, 2.45) is 23.2 Å². The molecule has 0 spiro atoms. The lowest BCUT2D eigenvalue weighted by atomic mass is 9.49. The molecule has 4 aliphatic carbocycles. The van der Waals surface area contributed by atoms with Crippen LogP contribution in [0.2, 0.25) is 0 Å². The Hall–Kier alpha value is -2.10. The van der Waals surface area contributed by atoms with Gasteiger partial charge in [-0.05, 0) is 67.9 Å². The van der Waals surface area contributed by atoms with Gasteiger partial charge in [-0.25, -0.2) is 0 Å². The predicted molar refractivity (Wildman–Crippen MR) is 102 cm³/mol. The van der Waals surface area contributed by atoms with Gasteiger partial charge in [-0.3, -0.25) is 9.59 Å². The summed E-state index contributed by atoms with van der Waals surface area (Å²) in [6.07, 6.45) is 10.6. The van der Waals surface area contributed by atoms with Crippen molar-refractivity contribution in [1.29, 1.82) is 0 Å². The number of nitrogens with one attached hydrogen (secondary N) is 2. The molecule has 4 nitrogen and oxygen atoms in total. The lowest BCUT2D eigenvalue weighted by molar-refractivity contribution is -0.146. The van der Waals surface area contributed by atoms with Gasteiger partial charge in [-0.1, -0.05) is 30.3 Å². The molecule has 1 aromatic carbocycles. The average Bonchev–Trinajstić information content (AvgIpc) is 2.63. The van der Waals surface area contributed by atoms with Gasteiger partial charge >= 0.3 is 0 Å². The molecule has 0 heterocycles. The highest BCUT2D eigenvalue weighted by Crippen LogP contribution is 2.60. The molecule has 26 heavy (non-hydrogen) atoms. The van der Waals surface area contributed by atoms with E-state index in [2.05, 4.69) is 10.6 Å². The van der Waals surface area contributed by atoms with E-state index in [4.69, 9.17) is 0 Å². The minimum absolute atomic E-state index is 0.105. The molecule has 4 fully saturated rings. The van der Waals surface area contributed by atoms with Crippen LogP contribution in [-0.4, -0.2) is 24.9 Å². The molecule has 0 saturated heterocycles. The first kappa shape index (κ1) is 17.3. The summed E-state index contributed by atoms with van der Waals surface area (Å²) < 4.78 is 0. The third-order valence-corrected chi connectivity index (χ3v) is 6.46. The van der Waals surface area contributed by atoms with Gasteiger partial charge in [0.15, 0.2) is 0 Å². The van der Waals surface area contributed by atoms with Crippen LogP contribution < -0.4 is 10.6 Å². The van der Waals surface area contributed by atoms with Crippen molar-refractivity contribution in [3.05, 3.63) is 42.0 Å². The molecule has 0 atom stereocenters. The van der Waals surface area contributed by atoms with Gasteiger partial charge in [0.1, 0.15) is 0 Å². The molecule has 138 valence electrons. The highest BCUT2D eigenvalue weighted by molar-refractivity contribution is 5.91. The third kappa shape index (κ3) is 3.69. The molecule has 2 amide bonds. The summed E-state index contributed by atoms with van der Waals surface area (Å²) in [6.45, 7) is 0.974. The van der Waals surface area contributed by atoms with Gasteiger partial charge in [0, 0.05) is 24.6 Å². The fourth-order valence-electron chi connectivity index (χ4n) is 5.73. The summed E-state index contributed by atoms with van der Waals surface area (Å²) in [5.74, 6) is 2.42. The Morgan fingerprint density at radius 2 is 1.50 bits per heavy atom. The van der Waals surface area contributed by atoms with Crippen molar-refractivity contribution in [1.82, 2.24) is 10.6 Å². The lowest BCUT2D eigenvalue weighted by Crippen LogP contribution is -2.54. The Morgan fingerprint density at radius 1 is 0.923 bits per heavy atom. The number of carbonyl (C=O) groups is 2. The minimum Gasteiger partial charge on any atom is -0.354 e. The maximum Gasteiger partial charge on any atom is 0.244 e. The summed E-state index contributed by atoms with van der Waals surface area (Å²) in [6, 6.07) is 9.74. The number of benzene rings is 1. The Kier molecular flexibility index (Phi) is 4.84. The van der Waals surface area contributed by atoms with Crippen LogP contribution in [-0.2, 0) is 9.59 Å². The second-order valence-electron chi connectivity index (χ2n) is 8.49. The molecular formula is C22H28N2O2. The van der Waals surface area contributed by atoms with E-state index in [0.717, 1.165) is 42.6 Å². The zero-order valence-electron chi connectivity index (χ0n) is 15.2. The Morgan fingerprint density at radius 3 is 2.12 bits per heavy atom. The monoisotopic (exact) mass is 352 g/mol. The molecule has 4 bridgehead atoms. The third-order valence-electron chi connectivity index (χ3n) is 6.46. The summed E-state index contributed by atoms with van der Waals surface area (Å²) in [5.41, 5.74) is 0.893. The van der Waals surface area contributed by atoms with E-state index in [1.165, 1.54) is 25.3 Å². The van der Waals surface area contributed by atoms with Crippen LogP contribution in [0.5, 0.6) is 0 Å². The molecule has 0 aliphatic heterocycles. The largest absolute Gasteiger partial charge is 0.354 e. The summed E-state index contributed by atoms with van der Waals surface area (Å²) >= 11 is 0. The maximum absolute atomic E-state index is 12.8. The van der Waals surface area contributed by atoms with E-state index >= 15 is 0 Å². The fourth-order valence-corrected chi connectivity index (χ4v) is 5.73. The van der Waals surface area contributed by atoms with E-state index in [-0.39, 0.29) is 17.2 Å². The number of rotatable bonds is 6. The van der Waals surface area contributed by atoms with Crippen molar-refractivity contribution in [3.63, 3.8) is 0 Å². The van der Waals surface area contributed by atoms with Crippen LogP contribution in [0.4, 0.5) is 0 Å². The zero-order chi connectivity index (χ0) is 18.0. The van der Waals surface area contributed by atoms with Crippen molar-refractivity contribution < 1.29 is 9.59 Å². The van der Waals surface area contributed by atoms with E-state index in [9.17, 15) is 9.59 Å². The zero-order valence-corrected chi connectivity index (χ0v) is 15.2. The highest BCUT2D eigenvalue weighted by atomic mass is 16.2. The quantitative estimate of drug-likeness (QED) is 0.610. The fraction of sp³-hybridized carbons (Fsp3) is 0.545. The van der Waals surface area contributed by atoms with Crippen molar-refractivity contribution in [2.45, 2.75) is 38.5 Å². The number of hydrogen-bond acceptors (Lipinski definition) is 2. The number of carbonyl (C=O) groups excluding carboxylic acids is 2. The first-order chi connectivity index (χ1) is 12.6. The Balaban J connectivity index is 1.21. The summed E-state index contributed by atoms with van der Waals surface area (Å²) in [5, 5.41) is 5.93. The smallest absolute Gasteiger partial charge is 0.244 e. The van der Waals surface area contributed by atoms with Crippen molar-refractivity contribution in [2.75, 3.05) is 13.1 Å². The standard InChI is InChI=1S/C22H28N2O2/c25-20(7-6-16-4-2-1-3-5-16)23-8-9-24-21(26)22-13-17-10-18(14-22)12-19(11-17)15-22/h1-7,17-19H,8-15H2,(H,23,25)(H,24,26)/b7-6+. The molecule has 5 rings (SSSR count). The second kappa shape index (κ2) is 7.26. The van der Waals surface area contributed by atoms with Crippen LogP contribution in [0.1, 0.15) is 44.1 Å². The Labute approximate surface area is 155 Å². The lowest BCUT2D eigenvalue weighted by Gasteiger charge is -2.55. The molecule has 0 unspecified atom stereocenters. The molecule has 0 aromatic heterocycles. The van der Waals surface area contributed by atoms with Crippen LogP contribution in [0.15, 0.2) is 36.4 Å². The maximum atomic E-state index is 12.8. The second-order valence-corrected chi connectivity index (χ2v) is 8.49. The van der Waals surface area contributed by atoms with Gasteiger partial charge < -0.3 is 10.6 Å². The molecular weight excluding hydrogens is 324 g/mol. The minimum atomic E-state index is -0.127. The topological polar surface area (TPSA) is 58.2 Å². The Bertz CT molecular complexity index is 660. The molecule has 4 heteroatoms. The molecule has 1 aromatic rings. The van der Waals surface area contributed by atoms with Gasteiger partial charge in [0.25, 0.3) is 0 Å². The number of amides is 2. The first-order valence-corrected chi connectivity index (χ1v) is 9.92. The van der Waals surface area contributed by atoms with Crippen LogP contribution >= 0.6 is 0 Å². The van der Waals surface area contributed by atoms with Crippen LogP contribution in [0.3, 0.4) is 0 Å². The van der Waals surface area contributed by atoms with E-state index in [0.29, 0.717) is 13.1 Å². The van der Waals surface area contributed by atoms with Crippen LogP contribution in [0, 0.1) is 23.2 Å². The summed E-state index contributed by atoms with van der Waals surface area (Å²) in [7, 11) is 0. The highest BCUT2D eigenvalue weighted by Gasteiger charge is 2.54. The van der Waals surface area contributed by atoms with Crippen LogP contribution in [0.25, 0.3) is 6.08 Å². The molecule has 4 saturated carbocycles. The molecule has 0 radical (unpaired) electrons. The summed E-state index contributed by atoms with van der Waals surface area (Å²) in [4.78, 5) is 24.7. The van der Waals surface area contributed by atoms with Gasteiger partial charge in [0.05, 0.1) is 0 Å². The van der Waals surface area contributed by atoms with Gasteiger partial charge in [0.2, 0.25) is 11.8 Å². The van der Waals surface area contributed by atoms with Crippen molar-refractivity contribution in [3.8, 4) is 0 Å². The number of hydrogen-bond donors (Lipinski definition) is 2. The average molecular weight is 352 g/mol. The normalized spacial score (nSPS) is 31.9. The molecule has 2 N–H and O–H groups in total. The first-order valence-electron chi connectivity index (χ1n) is 9.92. The SMILES string of the molecule is O=C(/C=C/c1ccccc1)NCCNC(=O)C12CC3CC(CC(C3)C1)C2. The van der Waals surface area contributed by atoms with Gasteiger partial charge in [-0.15, -0.1) is 0 Å². The predicted octanol–water partition coefficient (Wildman–Crippen LogP) is 3.15. The van der Waals surface area contributed by atoms with E-state index in [1.54, 1.807) is 6.08 Å².